The summed E-state index contributed by atoms with van der Waals surface area (Å²) in [6, 6.07) is 3.78. The van der Waals surface area contributed by atoms with E-state index in [1.54, 1.807) is 13.2 Å². The fourth-order valence-electron chi connectivity index (χ4n) is 1.39. The molecular formula is C12H15NO2. The highest BCUT2D eigenvalue weighted by atomic mass is 16.5. The summed E-state index contributed by atoms with van der Waals surface area (Å²) in [5, 5.41) is 0. The minimum absolute atomic E-state index is 0.442. The number of methoxy groups -OCH3 is 1. The first-order valence-corrected chi connectivity index (χ1v) is 4.68. The summed E-state index contributed by atoms with van der Waals surface area (Å²) >= 11 is 0. The van der Waals surface area contributed by atoms with Crippen molar-refractivity contribution in [2.24, 2.45) is 5.73 Å². The minimum atomic E-state index is -0.442. The number of carbonyl (C=O) groups excluding carboxylic acids is 1. The van der Waals surface area contributed by atoms with Crippen molar-refractivity contribution in [2.75, 3.05) is 7.11 Å². The number of ether oxygens (including phenoxy) is 1. The molecule has 0 saturated carbocycles. The molecule has 0 saturated heterocycles. The fourth-order valence-corrected chi connectivity index (χ4v) is 1.39. The molecule has 1 amide bonds. The molecule has 1 rings (SSSR count). The number of hydrogen-bond acceptors (Lipinski definition) is 2. The zero-order valence-electron chi connectivity index (χ0n) is 9.20. The molecule has 80 valence electrons. The van der Waals surface area contributed by atoms with Gasteiger partial charge < -0.3 is 10.5 Å². The molecule has 0 heterocycles. The van der Waals surface area contributed by atoms with Gasteiger partial charge in [0.2, 0.25) is 5.91 Å². The summed E-state index contributed by atoms with van der Waals surface area (Å²) in [6.45, 7) is 3.97. The lowest BCUT2D eigenvalue weighted by atomic mass is 10.0. The quantitative estimate of drug-likeness (QED) is 0.765. The van der Waals surface area contributed by atoms with Crippen molar-refractivity contribution in [3.05, 3.63) is 34.9 Å². The Morgan fingerprint density at radius 3 is 2.53 bits per heavy atom. The molecule has 0 aromatic heterocycles. The van der Waals surface area contributed by atoms with Crippen LogP contribution in [-0.2, 0) is 4.79 Å². The molecule has 0 unspecified atom stereocenters. The number of hydrogen-bond donors (Lipinski definition) is 1. The van der Waals surface area contributed by atoms with Crippen LogP contribution >= 0.6 is 0 Å². The number of amides is 1. The molecule has 3 heteroatoms. The van der Waals surface area contributed by atoms with Crippen LogP contribution in [-0.4, -0.2) is 13.0 Å². The number of benzene rings is 1. The van der Waals surface area contributed by atoms with Crippen LogP contribution in [0.3, 0.4) is 0 Å². The maximum absolute atomic E-state index is 10.6. The summed E-state index contributed by atoms with van der Waals surface area (Å²) in [7, 11) is 1.64. The zero-order chi connectivity index (χ0) is 11.4. The molecule has 0 atom stereocenters. The predicted octanol–water partition coefficient (Wildman–Crippen LogP) is 1.81. The summed E-state index contributed by atoms with van der Waals surface area (Å²) in [5.41, 5.74) is 8.18. The summed E-state index contributed by atoms with van der Waals surface area (Å²) < 4.78 is 5.19. The topological polar surface area (TPSA) is 52.3 Å². The molecule has 2 N–H and O–H groups in total. The molecule has 0 spiro atoms. The van der Waals surface area contributed by atoms with Gasteiger partial charge in [-0.25, -0.2) is 0 Å². The van der Waals surface area contributed by atoms with E-state index in [0.717, 1.165) is 22.4 Å². The van der Waals surface area contributed by atoms with Gasteiger partial charge in [-0.1, -0.05) is 6.07 Å². The Balaban J connectivity index is 3.12. The van der Waals surface area contributed by atoms with E-state index < -0.39 is 5.91 Å². The van der Waals surface area contributed by atoms with Gasteiger partial charge in [0.15, 0.2) is 0 Å². The van der Waals surface area contributed by atoms with Crippen LogP contribution in [0, 0.1) is 13.8 Å². The van der Waals surface area contributed by atoms with E-state index in [9.17, 15) is 4.79 Å². The lowest BCUT2D eigenvalue weighted by Crippen LogP contribution is -2.05. The molecule has 0 aliphatic rings. The van der Waals surface area contributed by atoms with Crippen molar-refractivity contribution in [3.63, 3.8) is 0 Å². The number of primary amides is 1. The van der Waals surface area contributed by atoms with Crippen molar-refractivity contribution >= 4 is 12.0 Å². The van der Waals surface area contributed by atoms with Crippen LogP contribution in [0.15, 0.2) is 18.2 Å². The Morgan fingerprint density at radius 2 is 2.00 bits per heavy atom. The average molecular weight is 205 g/mol. The highest BCUT2D eigenvalue weighted by Gasteiger charge is 2.04. The van der Waals surface area contributed by atoms with Crippen LogP contribution in [0.4, 0.5) is 0 Å². The highest BCUT2D eigenvalue weighted by Crippen LogP contribution is 2.24. The molecule has 3 nitrogen and oxygen atoms in total. The Kier molecular flexibility index (Phi) is 3.50. The van der Waals surface area contributed by atoms with Gasteiger partial charge in [-0.15, -0.1) is 0 Å². The van der Waals surface area contributed by atoms with Crippen molar-refractivity contribution in [3.8, 4) is 5.75 Å². The second-order valence-corrected chi connectivity index (χ2v) is 3.34. The maximum atomic E-state index is 10.6. The molecule has 0 radical (unpaired) electrons. The van der Waals surface area contributed by atoms with Gasteiger partial charge in [0, 0.05) is 6.08 Å². The lowest BCUT2D eigenvalue weighted by Gasteiger charge is -2.09. The van der Waals surface area contributed by atoms with Crippen LogP contribution in [0.25, 0.3) is 6.08 Å². The Morgan fingerprint density at radius 1 is 1.33 bits per heavy atom. The first-order chi connectivity index (χ1) is 7.06. The molecule has 1 aromatic rings. The predicted molar refractivity (Wildman–Crippen MR) is 60.7 cm³/mol. The second kappa shape index (κ2) is 4.64. The first kappa shape index (κ1) is 11.3. The molecule has 15 heavy (non-hydrogen) atoms. The number of nitrogens with two attached hydrogens (primary N) is 1. The Labute approximate surface area is 89.5 Å². The second-order valence-electron chi connectivity index (χ2n) is 3.34. The number of carbonyl (C=O) groups is 1. The zero-order valence-corrected chi connectivity index (χ0v) is 9.20. The van der Waals surface area contributed by atoms with E-state index in [2.05, 4.69) is 0 Å². The van der Waals surface area contributed by atoms with Crippen LogP contribution in [0.1, 0.15) is 16.7 Å². The summed E-state index contributed by atoms with van der Waals surface area (Å²) in [5.74, 6) is 0.409. The standard InChI is InChI=1S/C12H15NO2/c1-8-9(2)11(15-3)6-4-10(8)5-7-12(13)14/h4-7H,1-3H3,(H2,13,14)/b7-5+. The smallest absolute Gasteiger partial charge is 0.241 e. The summed E-state index contributed by atoms with van der Waals surface area (Å²) in [6.07, 6.45) is 3.07. The third kappa shape index (κ3) is 2.59. The van der Waals surface area contributed by atoms with Gasteiger partial charge in [0.1, 0.15) is 5.75 Å². The van der Waals surface area contributed by atoms with Crippen LogP contribution in [0.2, 0.25) is 0 Å². The molecule has 1 aromatic carbocycles. The Bertz CT molecular complexity index is 408. The van der Waals surface area contributed by atoms with E-state index >= 15 is 0 Å². The average Bonchev–Trinajstić information content (AvgIpc) is 2.20. The van der Waals surface area contributed by atoms with E-state index in [1.807, 2.05) is 26.0 Å². The normalized spacial score (nSPS) is 10.6. The minimum Gasteiger partial charge on any atom is -0.496 e. The highest BCUT2D eigenvalue weighted by molar-refractivity contribution is 5.90. The van der Waals surface area contributed by atoms with E-state index in [-0.39, 0.29) is 0 Å². The molecule has 0 aliphatic heterocycles. The molecule has 0 bridgehead atoms. The van der Waals surface area contributed by atoms with E-state index in [1.165, 1.54) is 6.08 Å². The maximum Gasteiger partial charge on any atom is 0.241 e. The molecular weight excluding hydrogens is 190 g/mol. The van der Waals surface area contributed by atoms with Gasteiger partial charge in [0.05, 0.1) is 7.11 Å². The molecule has 0 aliphatic carbocycles. The number of rotatable bonds is 3. The van der Waals surface area contributed by atoms with Crippen molar-refractivity contribution in [1.82, 2.24) is 0 Å². The largest absolute Gasteiger partial charge is 0.496 e. The van der Waals surface area contributed by atoms with Crippen LogP contribution < -0.4 is 10.5 Å². The Hall–Kier alpha value is -1.77. The summed E-state index contributed by atoms with van der Waals surface area (Å²) in [4.78, 5) is 10.6. The lowest BCUT2D eigenvalue weighted by molar-refractivity contribution is -0.113. The first-order valence-electron chi connectivity index (χ1n) is 4.68. The van der Waals surface area contributed by atoms with E-state index in [0.29, 0.717) is 0 Å². The monoisotopic (exact) mass is 205 g/mol. The van der Waals surface area contributed by atoms with Gasteiger partial charge in [-0.3, -0.25) is 4.79 Å². The van der Waals surface area contributed by atoms with Crippen molar-refractivity contribution in [2.45, 2.75) is 13.8 Å². The van der Waals surface area contributed by atoms with Crippen LogP contribution in [0.5, 0.6) is 5.75 Å². The molecule has 0 fully saturated rings. The van der Waals surface area contributed by atoms with Crippen molar-refractivity contribution < 1.29 is 9.53 Å². The van der Waals surface area contributed by atoms with E-state index in [4.69, 9.17) is 10.5 Å². The van der Waals surface area contributed by atoms with Crippen molar-refractivity contribution in [1.29, 1.82) is 0 Å². The van der Waals surface area contributed by atoms with Gasteiger partial charge in [-0.2, -0.15) is 0 Å². The SMILES string of the molecule is COc1ccc(/C=C/C(N)=O)c(C)c1C. The third-order valence-electron chi connectivity index (χ3n) is 2.43. The van der Waals surface area contributed by atoms with Gasteiger partial charge in [0.25, 0.3) is 0 Å². The van der Waals surface area contributed by atoms with Gasteiger partial charge in [-0.05, 0) is 42.7 Å². The third-order valence-corrected chi connectivity index (χ3v) is 2.43. The fraction of sp³-hybridized carbons (Fsp3) is 0.250. The van der Waals surface area contributed by atoms with Gasteiger partial charge >= 0.3 is 0 Å².